The maximum atomic E-state index is 13.2. The molecule has 2 saturated heterocycles. The fourth-order valence-electron chi connectivity index (χ4n) is 9.76. The highest BCUT2D eigenvalue weighted by atomic mass is 16.7. The lowest BCUT2D eigenvalue weighted by atomic mass is 9.97. The first kappa shape index (κ1) is 64.8. The van der Waals surface area contributed by atoms with Gasteiger partial charge in [0.15, 0.2) is 12.6 Å². The van der Waals surface area contributed by atoms with Gasteiger partial charge in [0.2, 0.25) is 5.91 Å². The number of rotatable bonds is 46. The van der Waals surface area contributed by atoms with Gasteiger partial charge in [0.25, 0.3) is 0 Å². The highest BCUT2D eigenvalue weighted by Crippen LogP contribution is 2.30. The van der Waals surface area contributed by atoms with Crippen LogP contribution in [0.15, 0.2) is 12.2 Å². The van der Waals surface area contributed by atoms with Crippen LogP contribution in [-0.4, -0.2) is 140 Å². The number of aliphatic hydroxyl groups excluding tert-OH is 8. The molecule has 0 aromatic carbocycles. The summed E-state index contributed by atoms with van der Waals surface area (Å²) in [6.07, 6.45) is 31.0. The molecule has 0 aromatic heterocycles. The molecule has 9 N–H and O–H groups in total. The maximum Gasteiger partial charge on any atom is 0.220 e. The van der Waals surface area contributed by atoms with Crippen molar-refractivity contribution in [2.24, 2.45) is 0 Å². The van der Waals surface area contributed by atoms with Crippen LogP contribution in [0, 0.1) is 0 Å². The summed E-state index contributed by atoms with van der Waals surface area (Å²) in [4.78, 5) is 13.2. The Morgan fingerprint density at radius 2 is 0.900 bits per heavy atom. The maximum absolute atomic E-state index is 13.2. The van der Waals surface area contributed by atoms with Crippen LogP contribution in [0.4, 0.5) is 0 Å². The van der Waals surface area contributed by atoms with E-state index in [0.717, 1.165) is 51.4 Å². The Morgan fingerprint density at radius 3 is 1.36 bits per heavy atom. The van der Waals surface area contributed by atoms with Crippen molar-refractivity contribution in [2.45, 2.75) is 319 Å². The summed E-state index contributed by atoms with van der Waals surface area (Å²) in [6.45, 7) is 2.84. The molecule has 0 saturated carbocycles. The van der Waals surface area contributed by atoms with Gasteiger partial charge < -0.3 is 65.1 Å². The second-order valence-corrected chi connectivity index (χ2v) is 20.8. The van der Waals surface area contributed by atoms with Gasteiger partial charge in [-0.25, -0.2) is 0 Å². The van der Waals surface area contributed by atoms with Gasteiger partial charge in [0, 0.05) is 6.42 Å². The van der Waals surface area contributed by atoms with E-state index in [0.29, 0.717) is 12.8 Å². The van der Waals surface area contributed by atoms with Gasteiger partial charge in [-0.3, -0.25) is 4.79 Å². The van der Waals surface area contributed by atoms with E-state index in [1.54, 1.807) is 0 Å². The van der Waals surface area contributed by atoms with Crippen molar-refractivity contribution >= 4 is 5.91 Å². The zero-order chi connectivity index (χ0) is 51.0. The number of ether oxygens (including phenoxy) is 4. The molecule has 2 aliphatic heterocycles. The van der Waals surface area contributed by atoms with Gasteiger partial charge in [-0.2, -0.15) is 0 Å². The molecule has 12 atom stereocenters. The topological polar surface area (TPSA) is 228 Å². The van der Waals surface area contributed by atoms with E-state index in [4.69, 9.17) is 18.9 Å². The summed E-state index contributed by atoms with van der Waals surface area (Å²) in [5.74, 6) is -0.206. The first-order chi connectivity index (χ1) is 34.1. The molecule has 1 amide bonds. The van der Waals surface area contributed by atoms with E-state index in [1.807, 2.05) is 0 Å². The van der Waals surface area contributed by atoms with Crippen molar-refractivity contribution in [3.05, 3.63) is 12.2 Å². The van der Waals surface area contributed by atoms with Crippen molar-refractivity contribution in [3.63, 3.8) is 0 Å². The SMILES string of the molecule is CCCCCCCCCC/C=C\CCCCCCCCCCCCCCCCCC(=O)NC(COC1OC(CO)C(OC2OC(CO)C(O)C(O)C2O)C(O)C1O)C(O)CCCCCCCCCCC. The monoisotopic (exact) mass is 1000 g/mol. The highest BCUT2D eigenvalue weighted by Gasteiger charge is 2.51. The average molecular weight is 1000 g/mol. The first-order valence-electron chi connectivity index (χ1n) is 28.9. The molecule has 0 bridgehead atoms. The second kappa shape index (κ2) is 43.0. The van der Waals surface area contributed by atoms with Crippen molar-refractivity contribution < 1.29 is 64.6 Å². The molecule has 2 aliphatic rings. The lowest BCUT2D eigenvalue weighted by Gasteiger charge is -2.46. The van der Waals surface area contributed by atoms with Crippen molar-refractivity contribution in [3.8, 4) is 0 Å². The van der Waals surface area contributed by atoms with Crippen molar-refractivity contribution in [2.75, 3.05) is 19.8 Å². The van der Waals surface area contributed by atoms with E-state index in [-0.39, 0.29) is 12.5 Å². The molecule has 2 heterocycles. The van der Waals surface area contributed by atoms with E-state index < -0.39 is 86.8 Å². The Kier molecular flexibility index (Phi) is 39.9. The second-order valence-electron chi connectivity index (χ2n) is 20.8. The third-order valence-electron chi connectivity index (χ3n) is 14.5. The molecule has 2 rings (SSSR count). The van der Waals surface area contributed by atoms with Gasteiger partial charge >= 0.3 is 0 Å². The van der Waals surface area contributed by atoms with Crippen LogP contribution in [-0.2, 0) is 23.7 Å². The molecule has 0 aromatic rings. The Hall–Kier alpha value is -1.27. The zero-order valence-electron chi connectivity index (χ0n) is 44.3. The molecule has 70 heavy (non-hydrogen) atoms. The number of aliphatic hydroxyl groups is 8. The minimum absolute atomic E-state index is 0.206. The van der Waals surface area contributed by atoms with Crippen molar-refractivity contribution in [1.29, 1.82) is 0 Å². The van der Waals surface area contributed by atoms with Crippen LogP contribution >= 0.6 is 0 Å². The summed E-state index contributed by atoms with van der Waals surface area (Å²) in [5.41, 5.74) is 0. The molecule has 14 nitrogen and oxygen atoms in total. The number of allylic oxidation sites excluding steroid dienone is 2. The van der Waals surface area contributed by atoms with Gasteiger partial charge in [-0.05, 0) is 38.5 Å². The van der Waals surface area contributed by atoms with Crippen LogP contribution in [0.2, 0.25) is 0 Å². The standard InChI is InChI=1S/C56H107NO13/c1-3-5-7-9-11-13-14-15-16-17-18-19-20-21-22-23-24-25-26-27-28-29-30-32-34-36-38-40-48(61)57-44(45(60)39-37-35-33-31-12-10-8-6-4-2)43-67-55-53(66)51(64)54(47(42-59)69-55)70-56-52(65)50(63)49(62)46(41-58)68-56/h17-18,44-47,49-56,58-60,62-66H,3-16,19-43H2,1-2H3,(H,57,61)/b18-17-. The smallest absolute Gasteiger partial charge is 0.220 e. The lowest BCUT2D eigenvalue weighted by Crippen LogP contribution is -2.65. The quantitative estimate of drug-likeness (QED) is 0.0205. The van der Waals surface area contributed by atoms with Crippen LogP contribution in [0.5, 0.6) is 0 Å². The van der Waals surface area contributed by atoms with Gasteiger partial charge in [0.05, 0.1) is 32.0 Å². The molecular formula is C56H107NO13. The minimum Gasteiger partial charge on any atom is -0.394 e. The molecule has 414 valence electrons. The van der Waals surface area contributed by atoms with E-state index in [2.05, 4.69) is 31.3 Å². The highest BCUT2D eigenvalue weighted by molar-refractivity contribution is 5.76. The van der Waals surface area contributed by atoms with E-state index in [9.17, 15) is 45.6 Å². The Morgan fingerprint density at radius 1 is 0.500 bits per heavy atom. The van der Waals surface area contributed by atoms with Crippen molar-refractivity contribution in [1.82, 2.24) is 5.32 Å². The molecule has 14 heteroatoms. The number of hydrogen-bond acceptors (Lipinski definition) is 13. The predicted octanol–water partition coefficient (Wildman–Crippen LogP) is 9.11. The summed E-state index contributed by atoms with van der Waals surface area (Å²) in [5, 5.41) is 86.9. The number of nitrogens with one attached hydrogen (secondary N) is 1. The third-order valence-corrected chi connectivity index (χ3v) is 14.5. The number of hydrogen-bond donors (Lipinski definition) is 9. The van der Waals surface area contributed by atoms with E-state index in [1.165, 1.54) is 167 Å². The minimum atomic E-state index is -1.78. The van der Waals surface area contributed by atoms with Crippen LogP contribution in [0.3, 0.4) is 0 Å². The fourth-order valence-corrected chi connectivity index (χ4v) is 9.76. The molecular weight excluding hydrogens is 895 g/mol. The summed E-state index contributed by atoms with van der Waals surface area (Å²) in [7, 11) is 0. The van der Waals surface area contributed by atoms with Crippen LogP contribution < -0.4 is 5.32 Å². The first-order valence-corrected chi connectivity index (χ1v) is 28.9. The van der Waals surface area contributed by atoms with Gasteiger partial charge in [0.1, 0.15) is 48.8 Å². The molecule has 0 aliphatic carbocycles. The predicted molar refractivity (Wildman–Crippen MR) is 277 cm³/mol. The Labute approximate surface area is 425 Å². The number of carbonyl (C=O) groups excluding carboxylic acids is 1. The lowest BCUT2D eigenvalue weighted by molar-refractivity contribution is -0.359. The largest absolute Gasteiger partial charge is 0.394 e. The van der Waals surface area contributed by atoms with Crippen LogP contribution in [0.1, 0.15) is 245 Å². The number of carbonyl (C=O) groups is 1. The molecule has 0 spiro atoms. The third kappa shape index (κ3) is 29.0. The van der Waals surface area contributed by atoms with Gasteiger partial charge in [-0.15, -0.1) is 0 Å². The fraction of sp³-hybridized carbons (Fsp3) is 0.946. The number of amides is 1. The summed E-state index contributed by atoms with van der Waals surface area (Å²) < 4.78 is 22.7. The summed E-state index contributed by atoms with van der Waals surface area (Å²) >= 11 is 0. The Balaban J connectivity index is 1.65. The average Bonchev–Trinajstić information content (AvgIpc) is 3.36. The summed E-state index contributed by atoms with van der Waals surface area (Å²) in [6, 6.07) is -0.822. The Bertz CT molecular complexity index is 1230. The zero-order valence-corrected chi connectivity index (χ0v) is 44.3. The molecule has 12 unspecified atom stereocenters. The molecule has 2 fully saturated rings. The van der Waals surface area contributed by atoms with Crippen LogP contribution in [0.25, 0.3) is 0 Å². The van der Waals surface area contributed by atoms with E-state index >= 15 is 0 Å². The molecule has 0 radical (unpaired) electrons. The van der Waals surface area contributed by atoms with Gasteiger partial charge in [-0.1, -0.05) is 212 Å². The number of unbranched alkanes of at least 4 members (excludes halogenated alkanes) is 31. The normalized spacial score (nSPS) is 26.0.